The van der Waals surface area contributed by atoms with Crippen molar-refractivity contribution in [2.45, 2.75) is 31.0 Å². The number of sulfonamides is 1. The first-order valence-electron chi connectivity index (χ1n) is 7.47. The summed E-state index contributed by atoms with van der Waals surface area (Å²) in [4.78, 5) is 0.184. The molecule has 0 amide bonds. The molecule has 3 aromatic rings. The summed E-state index contributed by atoms with van der Waals surface area (Å²) >= 11 is 1.00. The molecule has 0 saturated carbocycles. The molecular formula is C14H15N5O3S2. The summed E-state index contributed by atoms with van der Waals surface area (Å²) in [5.41, 5.74) is 2.33. The second-order valence-corrected chi connectivity index (χ2v) is 8.02. The Hall–Kier alpha value is -1.88. The summed E-state index contributed by atoms with van der Waals surface area (Å²) in [5.74, 6) is 0. The van der Waals surface area contributed by atoms with Gasteiger partial charge in [-0.25, -0.2) is 8.42 Å². The maximum absolute atomic E-state index is 13.1. The van der Waals surface area contributed by atoms with E-state index in [1.165, 1.54) is 4.31 Å². The predicted molar refractivity (Wildman–Crippen MR) is 87.8 cm³/mol. The Balaban J connectivity index is 1.75. The number of hydrogen-bond donors (Lipinski definition) is 1. The molecule has 0 saturated heterocycles. The summed E-state index contributed by atoms with van der Waals surface area (Å²) in [6.07, 6.45) is 0.657. The van der Waals surface area contributed by atoms with E-state index in [1.807, 2.05) is 0 Å². The normalized spacial score (nSPS) is 16.2. The largest absolute Gasteiger partial charge is 0.390 e. The van der Waals surface area contributed by atoms with Crippen molar-refractivity contribution in [3.05, 3.63) is 35.7 Å². The molecule has 0 radical (unpaired) electrons. The Morgan fingerprint density at radius 3 is 2.96 bits per heavy atom. The molecule has 126 valence electrons. The van der Waals surface area contributed by atoms with Crippen LogP contribution in [0.2, 0.25) is 0 Å². The minimum Gasteiger partial charge on any atom is -0.390 e. The maximum atomic E-state index is 13.1. The molecule has 3 heterocycles. The van der Waals surface area contributed by atoms with E-state index in [4.69, 9.17) is 0 Å². The molecule has 1 aliphatic rings. The van der Waals surface area contributed by atoms with Gasteiger partial charge in [0.15, 0.2) is 0 Å². The van der Waals surface area contributed by atoms with Gasteiger partial charge in [-0.15, -0.1) is 0 Å². The quantitative estimate of drug-likeness (QED) is 0.742. The average Bonchev–Trinajstić information content (AvgIpc) is 3.16. The lowest BCUT2D eigenvalue weighted by Crippen LogP contribution is -2.31. The lowest BCUT2D eigenvalue weighted by molar-refractivity contribution is 0.275. The van der Waals surface area contributed by atoms with Crippen LogP contribution in [-0.2, 0) is 29.7 Å². The number of aliphatic hydroxyl groups excluding tert-OH is 1. The molecule has 0 spiro atoms. The van der Waals surface area contributed by atoms with Crippen molar-refractivity contribution in [2.75, 3.05) is 6.54 Å². The van der Waals surface area contributed by atoms with Gasteiger partial charge in [0.05, 0.1) is 36.3 Å². The van der Waals surface area contributed by atoms with Crippen LogP contribution in [0.3, 0.4) is 0 Å². The third-order valence-electron chi connectivity index (χ3n) is 4.06. The molecule has 10 heteroatoms. The Bertz CT molecular complexity index is 995. The fourth-order valence-corrected chi connectivity index (χ4v) is 5.11. The molecule has 2 aromatic heterocycles. The van der Waals surface area contributed by atoms with Crippen LogP contribution in [0.4, 0.5) is 0 Å². The molecule has 24 heavy (non-hydrogen) atoms. The van der Waals surface area contributed by atoms with Gasteiger partial charge in [0.2, 0.25) is 10.0 Å². The van der Waals surface area contributed by atoms with Gasteiger partial charge < -0.3 is 5.11 Å². The van der Waals surface area contributed by atoms with E-state index in [2.05, 4.69) is 13.8 Å². The summed E-state index contributed by atoms with van der Waals surface area (Å²) in [7, 11) is -3.69. The van der Waals surface area contributed by atoms with Crippen LogP contribution in [0.15, 0.2) is 29.2 Å². The van der Waals surface area contributed by atoms with E-state index in [1.54, 1.807) is 28.9 Å². The van der Waals surface area contributed by atoms with E-state index in [-0.39, 0.29) is 18.0 Å². The van der Waals surface area contributed by atoms with Crippen molar-refractivity contribution in [1.29, 1.82) is 0 Å². The first-order valence-corrected chi connectivity index (χ1v) is 9.64. The van der Waals surface area contributed by atoms with Crippen LogP contribution in [0.25, 0.3) is 11.0 Å². The molecule has 0 atom stereocenters. The number of aryl methyl sites for hydroxylation is 1. The van der Waals surface area contributed by atoms with Gasteiger partial charge in [-0.1, -0.05) is 6.07 Å². The highest BCUT2D eigenvalue weighted by molar-refractivity contribution is 7.89. The smallest absolute Gasteiger partial charge is 0.245 e. The molecule has 0 bridgehead atoms. The molecule has 0 fully saturated rings. The molecule has 1 N–H and O–H groups in total. The number of nitrogens with zero attached hydrogens (tertiary/aromatic N) is 5. The number of benzene rings is 1. The Kier molecular flexibility index (Phi) is 3.83. The first-order chi connectivity index (χ1) is 11.6. The maximum Gasteiger partial charge on any atom is 0.245 e. The molecule has 4 rings (SSSR count). The molecule has 0 unspecified atom stereocenters. The van der Waals surface area contributed by atoms with Crippen LogP contribution in [-0.4, -0.2) is 42.9 Å². The van der Waals surface area contributed by atoms with Crippen molar-refractivity contribution in [1.82, 2.24) is 22.8 Å². The van der Waals surface area contributed by atoms with E-state index in [9.17, 15) is 13.5 Å². The average molecular weight is 365 g/mol. The van der Waals surface area contributed by atoms with Crippen molar-refractivity contribution < 1.29 is 13.5 Å². The zero-order valence-corrected chi connectivity index (χ0v) is 14.3. The molecule has 0 aliphatic carbocycles. The van der Waals surface area contributed by atoms with Gasteiger partial charge in [-0.3, -0.25) is 4.68 Å². The van der Waals surface area contributed by atoms with E-state index >= 15 is 0 Å². The highest BCUT2D eigenvalue weighted by atomic mass is 32.2. The van der Waals surface area contributed by atoms with E-state index < -0.39 is 10.0 Å². The van der Waals surface area contributed by atoms with Crippen LogP contribution in [0.5, 0.6) is 0 Å². The topological polar surface area (TPSA) is 101 Å². The van der Waals surface area contributed by atoms with Gasteiger partial charge in [0.1, 0.15) is 15.9 Å². The lowest BCUT2D eigenvalue weighted by Gasteiger charge is -2.19. The minimum absolute atomic E-state index is 0.156. The summed E-state index contributed by atoms with van der Waals surface area (Å²) in [5, 5.41) is 13.5. The van der Waals surface area contributed by atoms with Crippen molar-refractivity contribution in [2.24, 2.45) is 0 Å². The number of aliphatic hydroxyl groups is 1. The van der Waals surface area contributed by atoms with Crippen molar-refractivity contribution in [3.8, 4) is 0 Å². The summed E-state index contributed by atoms with van der Waals surface area (Å²) < 4.78 is 37.7. The molecule has 1 aromatic carbocycles. The second kappa shape index (κ2) is 5.88. The highest BCUT2D eigenvalue weighted by Gasteiger charge is 2.30. The second-order valence-electron chi connectivity index (χ2n) is 5.59. The standard InChI is InChI=1S/C14H15N5O3S2/c20-9-10-7-11-8-18(5-2-6-19(11)15-10)24(21,22)13-4-1-3-12-14(13)17-23-16-12/h1,3-4,7,20H,2,5-6,8-9H2. The van der Waals surface area contributed by atoms with Crippen LogP contribution < -0.4 is 0 Å². The predicted octanol–water partition coefficient (Wildman–Crippen LogP) is 0.975. The first kappa shape index (κ1) is 15.6. The fraction of sp³-hybridized carbons (Fsp3) is 0.357. The van der Waals surface area contributed by atoms with Gasteiger partial charge in [0, 0.05) is 13.1 Å². The number of hydrogen-bond acceptors (Lipinski definition) is 7. The Morgan fingerprint density at radius 1 is 1.25 bits per heavy atom. The third kappa shape index (κ3) is 2.51. The van der Waals surface area contributed by atoms with Gasteiger partial charge in [-0.05, 0) is 24.6 Å². The summed E-state index contributed by atoms with van der Waals surface area (Å²) in [6, 6.07) is 6.75. The fourth-order valence-electron chi connectivity index (χ4n) is 2.90. The Labute approximate surface area is 142 Å². The zero-order valence-electron chi connectivity index (χ0n) is 12.7. The van der Waals surface area contributed by atoms with Crippen molar-refractivity contribution in [3.63, 3.8) is 0 Å². The SMILES string of the molecule is O=S(=O)(c1cccc2nsnc12)N1CCCn2nc(CO)cc2C1. The van der Waals surface area contributed by atoms with Crippen molar-refractivity contribution >= 4 is 32.8 Å². The number of fused-ring (bicyclic) bond motifs is 2. The third-order valence-corrected chi connectivity index (χ3v) is 6.48. The lowest BCUT2D eigenvalue weighted by atomic mass is 10.3. The minimum atomic E-state index is -3.69. The van der Waals surface area contributed by atoms with E-state index in [0.29, 0.717) is 36.2 Å². The van der Waals surface area contributed by atoms with Crippen LogP contribution in [0, 0.1) is 0 Å². The van der Waals surface area contributed by atoms with Gasteiger partial charge >= 0.3 is 0 Å². The van der Waals surface area contributed by atoms with Gasteiger partial charge in [0.25, 0.3) is 0 Å². The zero-order chi connectivity index (χ0) is 16.7. The number of aromatic nitrogens is 4. The Morgan fingerprint density at radius 2 is 2.12 bits per heavy atom. The van der Waals surface area contributed by atoms with Crippen LogP contribution >= 0.6 is 11.7 Å². The van der Waals surface area contributed by atoms with Crippen LogP contribution in [0.1, 0.15) is 17.8 Å². The molecule has 1 aliphatic heterocycles. The highest BCUT2D eigenvalue weighted by Crippen LogP contribution is 2.27. The molecular weight excluding hydrogens is 350 g/mol. The van der Waals surface area contributed by atoms with Gasteiger partial charge in [-0.2, -0.15) is 18.2 Å². The number of rotatable bonds is 3. The monoisotopic (exact) mass is 365 g/mol. The van der Waals surface area contributed by atoms with E-state index in [0.717, 1.165) is 17.4 Å². The molecule has 8 nitrogen and oxygen atoms in total. The summed E-state index contributed by atoms with van der Waals surface area (Å²) in [6.45, 7) is 1.11.